The minimum atomic E-state index is -0.270. The first-order valence-electron chi connectivity index (χ1n) is 11.7. The fourth-order valence-electron chi connectivity index (χ4n) is 4.39. The molecule has 36 heavy (non-hydrogen) atoms. The third kappa shape index (κ3) is 4.36. The standard InChI is InChI=1S/C29H27FN6/c1-5-18(17-36(3)4)13-19(6-2)25-15-23-27(16-32-25)34-35-28(23)26-14-22-20(11-12-31-29(22)33-26)21-9-7-8-10-24(21)30/h5-16H,1,17H2,2-4H3,(H,31,33)(H,34,35)/b18-13+,19-6+. The molecule has 0 amide bonds. The summed E-state index contributed by atoms with van der Waals surface area (Å²) >= 11 is 0. The fraction of sp³-hybridized carbons (Fsp3) is 0.138. The molecular weight excluding hydrogens is 451 g/mol. The number of allylic oxidation sites excluding steroid dienone is 3. The lowest BCUT2D eigenvalue weighted by atomic mass is 10.0. The van der Waals surface area contributed by atoms with Gasteiger partial charge in [-0.2, -0.15) is 5.10 Å². The van der Waals surface area contributed by atoms with Crippen molar-refractivity contribution in [1.82, 2.24) is 30.0 Å². The zero-order valence-electron chi connectivity index (χ0n) is 20.5. The lowest BCUT2D eigenvalue weighted by Gasteiger charge is -2.11. The van der Waals surface area contributed by atoms with Crippen LogP contribution in [0.15, 0.2) is 85.2 Å². The highest BCUT2D eigenvalue weighted by Crippen LogP contribution is 2.34. The predicted molar refractivity (Wildman–Crippen MR) is 145 cm³/mol. The number of rotatable bonds is 7. The summed E-state index contributed by atoms with van der Waals surface area (Å²) in [5.74, 6) is -0.270. The van der Waals surface area contributed by atoms with Gasteiger partial charge >= 0.3 is 0 Å². The Balaban J connectivity index is 1.60. The van der Waals surface area contributed by atoms with Crippen molar-refractivity contribution in [2.24, 2.45) is 0 Å². The summed E-state index contributed by atoms with van der Waals surface area (Å²) in [6.45, 7) is 6.74. The number of aromatic amines is 2. The van der Waals surface area contributed by atoms with Crippen LogP contribution in [-0.4, -0.2) is 50.7 Å². The first kappa shape index (κ1) is 23.4. The van der Waals surface area contributed by atoms with E-state index in [0.717, 1.165) is 56.6 Å². The van der Waals surface area contributed by atoms with Crippen LogP contribution < -0.4 is 0 Å². The van der Waals surface area contributed by atoms with Crippen LogP contribution in [0.3, 0.4) is 0 Å². The quantitative estimate of drug-likeness (QED) is 0.266. The van der Waals surface area contributed by atoms with Gasteiger partial charge in [0.1, 0.15) is 17.2 Å². The maximum Gasteiger partial charge on any atom is 0.138 e. The third-order valence-corrected chi connectivity index (χ3v) is 6.11. The summed E-state index contributed by atoms with van der Waals surface area (Å²) < 4.78 is 14.6. The van der Waals surface area contributed by atoms with E-state index in [4.69, 9.17) is 0 Å². The molecule has 4 heterocycles. The summed E-state index contributed by atoms with van der Waals surface area (Å²) in [7, 11) is 4.06. The van der Waals surface area contributed by atoms with E-state index < -0.39 is 0 Å². The van der Waals surface area contributed by atoms with Gasteiger partial charge in [0.25, 0.3) is 0 Å². The van der Waals surface area contributed by atoms with Gasteiger partial charge in [0, 0.05) is 29.1 Å². The summed E-state index contributed by atoms with van der Waals surface area (Å²) in [5, 5.41) is 9.41. The highest BCUT2D eigenvalue weighted by molar-refractivity contribution is 6.00. The zero-order chi connectivity index (χ0) is 25.2. The molecule has 4 aromatic heterocycles. The van der Waals surface area contributed by atoms with Gasteiger partial charge in [-0.15, -0.1) is 0 Å². The van der Waals surface area contributed by atoms with Crippen molar-refractivity contribution in [2.45, 2.75) is 6.92 Å². The van der Waals surface area contributed by atoms with Crippen LogP contribution >= 0.6 is 0 Å². The first-order chi connectivity index (χ1) is 17.5. The molecule has 0 saturated heterocycles. The number of nitrogens with zero attached hydrogens (tertiary/aromatic N) is 4. The number of likely N-dealkylation sites (N-methyl/N-ethyl adjacent to an activating group) is 1. The number of pyridine rings is 2. The monoisotopic (exact) mass is 478 g/mol. The lowest BCUT2D eigenvalue weighted by molar-refractivity contribution is 0.449. The van der Waals surface area contributed by atoms with E-state index in [9.17, 15) is 4.39 Å². The van der Waals surface area contributed by atoms with Crippen molar-refractivity contribution in [3.63, 3.8) is 0 Å². The van der Waals surface area contributed by atoms with Gasteiger partial charge in [-0.3, -0.25) is 10.1 Å². The molecule has 180 valence electrons. The van der Waals surface area contributed by atoms with Crippen molar-refractivity contribution in [3.05, 3.63) is 96.7 Å². The molecule has 7 heteroatoms. The number of benzene rings is 1. The SMILES string of the molecule is C=C/C(=C\C(=C/C)c1cc2c(-c3cc4c(-c5ccccc5F)ccnc4[nH]3)n[nH]c2cn1)CN(C)C. The number of halogens is 1. The molecule has 0 fully saturated rings. The van der Waals surface area contributed by atoms with E-state index in [0.29, 0.717) is 11.2 Å². The van der Waals surface area contributed by atoms with Gasteiger partial charge < -0.3 is 9.88 Å². The van der Waals surface area contributed by atoms with Crippen LogP contribution in [0.4, 0.5) is 4.39 Å². The molecule has 0 aliphatic heterocycles. The number of H-pyrrole nitrogens is 2. The first-order valence-corrected chi connectivity index (χ1v) is 11.7. The van der Waals surface area contributed by atoms with Crippen LogP contribution in [0.2, 0.25) is 0 Å². The predicted octanol–water partition coefficient (Wildman–Crippen LogP) is 6.38. The average molecular weight is 479 g/mol. The molecule has 0 radical (unpaired) electrons. The van der Waals surface area contributed by atoms with Crippen LogP contribution in [0.25, 0.3) is 50.0 Å². The van der Waals surface area contributed by atoms with Gasteiger partial charge in [0.05, 0.1) is 23.1 Å². The molecule has 5 aromatic rings. The largest absolute Gasteiger partial charge is 0.338 e. The van der Waals surface area contributed by atoms with E-state index in [1.54, 1.807) is 24.5 Å². The summed E-state index contributed by atoms with van der Waals surface area (Å²) in [6, 6.07) is 12.6. The maximum atomic E-state index is 14.6. The van der Waals surface area contributed by atoms with Crippen LogP contribution in [0.1, 0.15) is 12.6 Å². The zero-order valence-corrected chi connectivity index (χ0v) is 20.5. The van der Waals surface area contributed by atoms with E-state index in [1.807, 2.05) is 57.4 Å². The van der Waals surface area contributed by atoms with Crippen molar-refractivity contribution in [2.75, 3.05) is 20.6 Å². The highest BCUT2D eigenvalue weighted by atomic mass is 19.1. The van der Waals surface area contributed by atoms with Gasteiger partial charge in [-0.05, 0) is 68.1 Å². The Morgan fingerprint density at radius 3 is 2.67 bits per heavy atom. The molecule has 1 aromatic carbocycles. The second-order valence-electron chi connectivity index (χ2n) is 8.88. The van der Waals surface area contributed by atoms with Crippen LogP contribution in [0, 0.1) is 5.82 Å². The number of hydrogen-bond donors (Lipinski definition) is 2. The van der Waals surface area contributed by atoms with E-state index in [-0.39, 0.29) is 5.82 Å². The molecule has 6 nitrogen and oxygen atoms in total. The Bertz CT molecular complexity index is 1640. The van der Waals surface area contributed by atoms with Gasteiger partial charge in [0.2, 0.25) is 0 Å². The van der Waals surface area contributed by atoms with Crippen LogP contribution in [0.5, 0.6) is 0 Å². The molecule has 0 aliphatic carbocycles. The molecule has 0 spiro atoms. The van der Waals surface area contributed by atoms with Crippen LogP contribution in [-0.2, 0) is 0 Å². The smallest absolute Gasteiger partial charge is 0.138 e. The molecular formula is C29H27FN6. The van der Waals surface area contributed by atoms with Gasteiger partial charge in [-0.25, -0.2) is 9.37 Å². The summed E-state index contributed by atoms with van der Waals surface area (Å²) in [4.78, 5) is 14.6. The van der Waals surface area contributed by atoms with Crippen molar-refractivity contribution >= 4 is 27.5 Å². The second kappa shape index (κ2) is 9.71. The number of fused-ring (bicyclic) bond motifs is 2. The average Bonchev–Trinajstić information content (AvgIpc) is 3.50. The molecule has 0 aliphatic rings. The van der Waals surface area contributed by atoms with Gasteiger partial charge in [-0.1, -0.05) is 36.9 Å². The van der Waals surface area contributed by atoms with Crippen molar-refractivity contribution in [1.29, 1.82) is 0 Å². The molecule has 5 rings (SSSR count). The Kier molecular flexibility index (Phi) is 6.31. The van der Waals surface area contributed by atoms with Gasteiger partial charge in [0.15, 0.2) is 0 Å². The topological polar surface area (TPSA) is 73.5 Å². The van der Waals surface area contributed by atoms with Crippen molar-refractivity contribution in [3.8, 4) is 22.5 Å². The lowest BCUT2D eigenvalue weighted by Crippen LogP contribution is -2.14. The Morgan fingerprint density at radius 2 is 1.92 bits per heavy atom. The molecule has 0 saturated carbocycles. The minimum absolute atomic E-state index is 0.270. The number of hydrogen-bond acceptors (Lipinski definition) is 4. The fourth-order valence-corrected chi connectivity index (χ4v) is 4.39. The van der Waals surface area contributed by atoms with E-state index in [2.05, 4.69) is 42.7 Å². The summed E-state index contributed by atoms with van der Waals surface area (Å²) in [6.07, 6.45) is 9.50. The second-order valence-corrected chi connectivity index (χ2v) is 8.88. The van der Waals surface area contributed by atoms with E-state index in [1.165, 1.54) is 6.07 Å². The summed E-state index contributed by atoms with van der Waals surface area (Å²) in [5.41, 5.74) is 7.30. The molecule has 0 atom stereocenters. The van der Waals surface area contributed by atoms with E-state index >= 15 is 0 Å². The molecule has 0 unspecified atom stereocenters. The molecule has 0 bridgehead atoms. The Morgan fingerprint density at radius 1 is 1.08 bits per heavy atom. The minimum Gasteiger partial charge on any atom is -0.338 e. The number of nitrogens with one attached hydrogen (secondary N) is 2. The normalized spacial score (nSPS) is 12.7. The molecule has 2 N–H and O–H groups in total. The van der Waals surface area contributed by atoms with Crippen molar-refractivity contribution < 1.29 is 4.39 Å². The Hall–Kier alpha value is -4.36. The number of aromatic nitrogens is 5. The third-order valence-electron chi connectivity index (χ3n) is 6.11. The highest BCUT2D eigenvalue weighted by Gasteiger charge is 2.16. The maximum absolute atomic E-state index is 14.6. The Labute approximate surface area is 208 Å².